The van der Waals surface area contributed by atoms with E-state index in [4.69, 9.17) is 4.74 Å². The summed E-state index contributed by atoms with van der Waals surface area (Å²) in [5, 5.41) is 5.78. The van der Waals surface area contributed by atoms with Crippen LogP contribution in [0, 0.1) is 0 Å². The zero-order valence-corrected chi connectivity index (χ0v) is 19.4. The Kier molecular flexibility index (Phi) is 7.15. The van der Waals surface area contributed by atoms with Gasteiger partial charge in [0, 0.05) is 17.6 Å². The smallest absolute Gasteiger partial charge is 0.421 e. The summed E-state index contributed by atoms with van der Waals surface area (Å²) < 4.78 is 46.6. The van der Waals surface area contributed by atoms with Crippen molar-refractivity contribution in [2.45, 2.75) is 58.7 Å². The van der Waals surface area contributed by atoms with E-state index in [1.54, 1.807) is 30.3 Å². The number of alkyl halides is 3. The topological polar surface area (TPSA) is 59.1 Å². The number of hydrogen-bond acceptors (Lipinski definition) is 5. The maximum absolute atomic E-state index is 13.6. The van der Waals surface area contributed by atoms with Gasteiger partial charge in [0.2, 0.25) is 5.95 Å². The molecule has 2 aromatic carbocycles. The van der Waals surface area contributed by atoms with Crippen LogP contribution in [-0.4, -0.2) is 15.6 Å². The molecule has 1 aromatic heterocycles. The third-order valence-electron chi connectivity index (χ3n) is 4.96. The van der Waals surface area contributed by atoms with Crippen LogP contribution in [-0.2, 0) is 6.18 Å². The van der Waals surface area contributed by atoms with Crippen molar-refractivity contribution in [3.8, 4) is 5.75 Å². The summed E-state index contributed by atoms with van der Waals surface area (Å²) in [7, 11) is 0. The number of nitrogens with zero attached hydrogens (tertiary/aromatic N) is 2. The number of anilines is 4. The summed E-state index contributed by atoms with van der Waals surface area (Å²) >= 11 is 0. The SMILES string of the molecule is CCC(C)c1cccc(Nc2nc(Nc3ccc(OC(C)(C)C)cc3)ncc2C(F)(F)F)c1. The van der Waals surface area contributed by atoms with Crippen molar-refractivity contribution in [2.75, 3.05) is 10.6 Å². The highest BCUT2D eigenvalue weighted by Gasteiger charge is 2.35. The number of rotatable bonds is 7. The Hall–Kier alpha value is -3.29. The van der Waals surface area contributed by atoms with E-state index in [0.717, 1.165) is 18.2 Å². The average molecular weight is 459 g/mol. The van der Waals surface area contributed by atoms with Gasteiger partial charge >= 0.3 is 6.18 Å². The van der Waals surface area contributed by atoms with E-state index in [9.17, 15) is 13.2 Å². The molecule has 0 spiro atoms. The fourth-order valence-electron chi connectivity index (χ4n) is 3.13. The monoisotopic (exact) mass is 458 g/mol. The number of nitrogens with one attached hydrogen (secondary N) is 2. The minimum Gasteiger partial charge on any atom is -0.488 e. The molecule has 5 nitrogen and oxygen atoms in total. The van der Waals surface area contributed by atoms with Gasteiger partial charge in [-0.25, -0.2) is 4.98 Å². The minimum absolute atomic E-state index is 0.0491. The van der Waals surface area contributed by atoms with E-state index >= 15 is 0 Å². The summed E-state index contributed by atoms with van der Waals surface area (Å²) in [4.78, 5) is 7.99. The molecule has 0 aliphatic heterocycles. The van der Waals surface area contributed by atoms with Crippen LogP contribution >= 0.6 is 0 Å². The third-order valence-corrected chi connectivity index (χ3v) is 4.96. The first-order valence-corrected chi connectivity index (χ1v) is 10.8. The van der Waals surface area contributed by atoms with E-state index in [1.807, 2.05) is 39.0 Å². The molecule has 0 saturated carbocycles. The van der Waals surface area contributed by atoms with Gasteiger partial charge < -0.3 is 15.4 Å². The maximum atomic E-state index is 13.6. The minimum atomic E-state index is -4.60. The second-order valence-corrected chi connectivity index (χ2v) is 8.88. The van der Waals surface area contributed by atoms with Crippen LogP contribution in [0.4, 0.5) is 36.3 Å². The van der Waals surface area contributed by atoms with Crippen molar-refractivity contribution in [1.29, 1.82) is 0 Å². The van der Waals surface area contributed by atoms with Gasteiger partial charge in [0.15, 0.2) is 0 Å². The van der Waals surface area contributed by atoms with Crippen molar-refractivity contribution >= 4 is 23.1 Å². The standard InChI is InChI=1S/C25H29F3N4O/c1-6-16(2)17-8-7-9-19(14-17)30-22-21(25(26,27)28)15-29-23(32-22)31-18-10-12-20(13-11-18)33-24(3,4)5/h7-16H,6H2,1-5H3,(H2,29,30,31,32). The molecule has 0 fully saturated rings. The summed E-state index contributed by atoms with van der Waals surface area (Å²) in [5.41, 5.74) is 0.933. The Bertz CT molecular complexity index is 1080. The van der Waals surface area contributed by atoms with Crippen LogP contribution < -0.4 is 15.4 Å². The fraction of sp³-hybridized carbons (Fsp3) is 0.360. The van der Waals surface area contributed by atoms with Crippen LogP contribution in [0.5, 0.6) is 5.75 Å². The number of benzene rings is 2. The van der Waals surface area contributed by atoms with Gasteiger partial charge in [0.25, 0.3) is 0 Å². The first-order valence-electron chi connectivity index (χ1n) is 10.8. The van der Waals surface area contributed by atoms with Crippen molar-refractivity contribution in [1.82, 2.24) is 9.97 Å². The lowest BCUT2D eigenvalue weighted by atomic mass is 9.98. The molecule has 0 aliphatic rings. The molecular formula is C25H29F3N4O. The molecule has 3 rings (SSSR count). The summed E-state index contributed by atoms with van der Waals surface area (Å²) in [6, 6.07) is 14.4. The Morgan fingerprint density at radius 1 is 0.970 bits per heavy atom. The highest BCUT2D eigenvalue weighted by atomic mass is 19.4. The number of ether oxygens (including phenoxy) is 1. The Balaban J connectivity index is 1.86. The average Bonchev–Trinajstić information content (AvgIpc) is 2.73. The lowest BCUT2D eigenvalue weighted by Gasteiger charge is -2.21. The Morgan fingerprint density at radius 3 is 2.27 bits per heavy atom. The number of halogens is 3. The van der Waals surface area contributed by atoms with Crippen LogP contribution in [0.2, 0.25) is 0 Å². The normalized spacial score (nSPS) is 12.8. The number of hydrogen-bond donors (Lipinski definition) is 2. The quantitative estimate of drug-likeness (QED) is 0.380. The molecule has 33 heavy (non-hydrogen) atoms. The molecule has 0 radical (unpaired) electrons. The molecule has 0 aliphatic carbocycles. The lowest BCUT2D eigenvalue weighted by Crippen LogP contribution is -2.22. The summed E-state index contributed by atoms with van der Waals surface area (Å²) in [6.45, 7) is 9.98. The van der Waals surface area contributed by atoms with Gasteiger partial charge in [-0.05, 0) is 75.1 Å². The lowest BCUT2D eigenvalue weighted by molar-refractivity contribution is -0.137. The summed E-state index contributed by atoms with van der Waals surface area (Å²) in [5.74, 6) is 0.716. The molecule has 1 atom stereocenters. The molecule has 0 bridgehead atoms. The zero-order chi connectivity index (χ0) is 24.2. The molecule has 0 amide bonds. The largest absolute Gasteiger partial charge is 0.488 e. The molecule has 8 heteroatoms. The molecule has 2 N–H and O–H groups in total. The third kappa shape index (κ3) is 6.84. The van der Waals surface area contributed by atoms with Gasteiger partial charge in [-0.2, -0.15) is 18.2 Å². The van der Waals surface area contributed by atoms with Gasteiger partial charge in [0.05, 0.1) is 0 Å². The molecule has 1 unspecified atom stereocenters. The van der Waals surface area contributed by atoms with Crippen molar-refractivity contribution in [3.05, 3.63) is 65.9 Å². The van der Waals surface area contributed by atoms with E-state index in [0.29, 0.717) is 23.0 Å². The van der Waals surface area contributed by atoms with Crippen LogP contribution in [0.3, 0.4) is 0 Å². The fourth-order valence-corrected chi connectivity index (χ4v) is 3.13. The van der Waals surface area contributed by atoms with E-state index in [2.05, 4.69) is 34.4 Å². The van der Waals surface area contributed by atoms with E-state index in [1.165, 1.54) is 0 Å². The highest BCUT2D eigenvalue weighted by Crippen LogP contribution is 2.36. The van der Waals surface area contributed by atoms with E-state index in [-0.39, 0.29) is 17.4 Å². The second kappa shape index (κ2) is 9.68. The molecule has 1 heterocycles. The molecule has 3 aromatic rings. The summed E-state index contributed by atoms with van der Waals surface area (Å²) in [6.07, 6.45) is -2.88. The van der Waals surface area contributed by atoms with Crippen molar-refractivity contribution in [3.63, 3.8) is 0 Å². The van der Waals surface area contributed by atoms with Crippen LogP contribution in [0.15, 0.2) is 54.7 Å². The first kappa shape index (κ1) is 24.4. The van der Waals surface area contributed by atoms with Crippen molar-refractivity contribution < 1.29 is 17.9 Å². The molecule has 0 saturated heterocycles. The predicted octanol–water partition coefficient (Wildman–Crippen LogP) is 7.67. The molecular weight excluding hydrogens is 429 g/mol. The van der Waals surface area contributed by atoms with Gasteiger partial charge in [-0.15, -0.1) is 0 Å². The van der Waals surface area contributed by atoms with E-state index < -0.39 is 11.7 Å². The second-order valence-electron chi connectivity index (χ2n) is 8.88. The Morgan fingerprint density at radius 2 is 1.67 bits per heavy atom. The maximum Gasteiger partial charge on any atom is 0.421 e. The number of aromatic nitrogens is 2. The zero-order valence-electron chi connectivity index (χ0n) is 19.4. The van der Waals surface area contributed by atoms with Gasteiger partial charge in [0.1, 0.15) is 22.7 Å². The van der Waals surface area contributed by atoms with Gasteiger partial charge in [-0.3, -0.25) is 0 Å². The first-order chi connectivity index (χ1) is 15.4. The predicted molar refractivity (Wildman–Crippen MR) is 126 cm³/mol. The molecule has 176 valence electrons. The van der Waals surface area contributed by atoms with Crippen LogP contribution in [0.25, 0.3) is 0 Å². The van der Waals surface area contributed by atoms with Crippen molar-refractivity contribution in [2.24, 2.45) is 0 Å². The highest BCUT2D eigenvalue weighted by molar-refractivity contribution is 5.63. The van der Waals surface area contributed by atoms with Gasteiger partial charge in [-0.1, -0.05) is 26.0 Å². The Labute approximate surface area is 192 Å². The van der Waals surface area contributed by atoms with Crippen LogP contribution in [0.1, 0.15) is 58.1 Å².